The van der Waals surface area contributed by atoms with Gasteiger partial charge in [-0.05, 0) is 41.7 Å². The summed E-state index contributed by atoms with van der Waals surface area (Å²) >= 11 is 0. The number of aromatic nitrogens is 2. The van der Waals surface area contributed by atoms with E-state index in [-0.39, 0.29) is 16.4 Å². The van der Waals surface area contributed by atoms with Gasteiger partial charge in [-0.2, -0.15) is 0 Å². The van der Waals surface area contributed by atoms with Crippen LogP contribution in [0.2, 0.25) is 0 Å². The molecule has 1 amide bonds. The van der Waals surface area contributed by atoms with E-state index in [9.17, 15) is 13.2 Å². The molecule has 1 aromatic heterocycles. The number of hydrogen-bond acceptors (Lipinski definition) is 7. The van der Waals surface area contributed by atoms with Gasteiger partial charge in [0, 0.05) is 32.0 Å². The Morgan fingerprint density at radius 2 is 1.74 bits per heavy atom. The molecule has 3 aromatic rings. The quantitative estimate of drug-likeness (QED) is 0.394. The Morgan fingerprint density at radius 3 is 2.42 bits per heavy atom. The number of piperidine rings is 1. The molecular weight excluding hydrogens is 418 g/mol. The molecule has 0 bridgehead atoms. The van der Waals surface area contributed by atoms with Gasteiger partial charge in [-0.15, -0.1) is 0 Å². The van der Waals surface area contributed by atoms with Gasteiger partial charge in [0.1, 0.15) is 0 Å². The van der Waals surface area contributed by atoms with Crippen molar-refractivity contribution in [3.63, 3.8) is 0 Å². The number of anilines is 1. The van der Waals surface area contributed by atoms with Crippen molar-refractivity contribution in [3.05, 3.63) is 60.4 Å². The second-order valence-electron chi connectivity index (χ2n) is 7.50. The molecule has 2 heterocycles. The Bertz CT molecular complexity index is 1180. The molecule has 0 atom stereocenters. The molecule has 0 aliphatic carbocycles. The number of amides is 1. The van der Waals surface area contributed by atoms with E-state index in [1.807, 2.05) is 35.2 Å². The van der Waals surface area contributed by atoms with Gasteiger partial charge in [-0.3, -0.25) is 10.0 Å². The molecule has 162 valence electrons. The maximum Gasteiger partial charge on any atom is 0.277 e. The van der Waals surface area contributed by atoms with Gasteiger partial charge in [-0.25, -0.2) is 28.6 Å². The molecule has 0 unspecified atom stereocenters. The number of sulfonamides is 1. The van der Waals surface area contributed by atoms with Gasteiger partial charge in [0.05, 0.1) is 10.5 Å². The first-order valence-corrected chi connectivity index (χ1v) is 11.4. The fourth-order valence-corrected chi connectivity index (χ4v) is 4.80. The van der Waals surface area contributed by atoms with Crippen molar-refractivity contribution in [2.24, 2.45) is 5.92 Å². The molecule has 3 N–H and O–H groups in total. The molecule has 31 heavy (non-hydrogen) atoms. The lowest BCUT2D eigenvalue weighted by Crippen LogP contribution is -2.39. The van der Waals surface area contributed by atoms with Crippen LogP contribution in [0.25, 0.3) is 10.8 Å². The van der Waals surface area contributed by atoms with E-state index < -0.39 is 15.9 Å². The molecule has 1 fully saturated rings. The lowest BCUT2D eigenvalue weighted by atomic mass is 9.97. The largest absolute Gasteiger partial charge is 0.341 e. The van der Waals surface area contributed by atoms with Crippen molar-refractivity contribution in [1.82, 2.24) is 20.2 Å². The highest BCUT2D eigenvalue weighted by molar-refractivity contribution is 7.89. The van der Waals surface area contributed by atoms with Gasteiger partial charge < -0.3 is 4.90 Å². The van der Waals surface area contributed by atoms with Crippen molar-refractivity contribution in [3.8, 4) is 0 Å². The molecule has 0 spiro atoms. The van der Waals surface area contributed by atoms with E-state index in [0.29, 0.717) is 25.6 Å². The first-order valence-electron chi connectivity index (χ1n) is 9.96. The smallest absolute Gasteiger partial charge is 0.277 e. The molecule has 1 aliphatic heterocycles. The summed E-state index contributed by atoms with van der Waals surface area (Å²) in [6.07, 6.45) is 4.31. The third-order valence-electron chi connectivity index (χ3n) is 5.49. The van der Waals surface area contributed by atoms with E-state index >= 15 is 0 Å². The van der Waals surface area contributed by atoms with E-state index in [4.69, 9.17) is 5.21 Å². The first kappa shape index (κ1) is 21.2. The average molecular weight is 442 g/mol. The molecule has 1 saturated heterocycles. The molecule has 0 radical (unpaired) electrons. The molecule has 1 aliphatic rings. The lowest BCUT2D eigenvalue weighted by molar-refractivity contribution is 0.0705. The second kappa shape index (κ2) is 8.96. The van der Waals surface area contributed by atoms with Crippen LogP contribution in [0.1, 0.15) is 23.2 Å². The highest BCUT2D eigenvalue weighted by Gasteiger charge is 2.23. The minimum Gasteiger partial charge on any atom is -0.341 e. The minimum absolute atomic E-state index is 0.171. The molecule has 9 nitrogen and oxygen atoms in total. The number of carbonyl (C=O) groups excluding carboxylic acids is 1. The maximum absolute atomic E-state index is 12.7. The van der Waals surface area contributed by atoms with Crippen LogP contribution in [0.5, 0.6) is 0 Å². The van der Waals surface area contributed by atoms with Crippen LogP contribution in [0.3, 0.4) is 0 Å². The zero-order valence-corrected chi connectivity index (χ0v) is 17.5. The summed E-state index contributed by atoms with van der Waals surface area (Å²) in [5.41, 5.74) is 1.71. The molecular formula is C21H23N5O4S. The van der Waals surface area contributed by atoms with Crippen molar-refractivity contribution in [1.29, 1.82) is 0 Å². The topological polar surface area (TPSA) is 125 Å². The zero-order chi connectivity index (χ0) is 21.8. The zero-order valence-electron chi connectivity index (χ0n) is 16.7. The second-order valence-corrected chi connectivity index (χ2v) is 9.27. The van der Waals surface area contributed by atoms with Crippen molar-refractivity contribution < 1.29 is 18.4 Å². The number of nitrogens with one attached hydrogen (secondary N) is 2. The maximum atomic E-state index is 12.7. The molecule has 4 rings (SSSR count). The van der Waals surface area contributed by atoms with Crippen molar-refractivity contribution in [2.75, 3.05) is 24.5 Å². The first-order chi connectivity index (χ1) is 15.0. The molecule has 10 heteroatoms. The summed E-state index contributed by atoms with van der Waals surface area (Å²) in [6.45, 7) is 1.75. The fourth-order valence-electron chi connectivity index (χ4n) is 3.65. The van der Waals surface area contributed by atoms with Gasteiger partial charge in [0.15, 0.2) is 0 Å². The van der Waals surface area contributed by atoms with Crippen LogP contribution in [0, 0.1) is 5.92 Å². The van der Waals surface area contributed by atoms with E-state index in [1.54, 1.807) is 17.6 Å². The summed E-state index contributed by atoms with van der Waals surface area (Å²) in [6, 6.07) is 12.8. The van der Waals surface area contributed by atoms with Gasteiger partial charge in [0.25, 0.3) is 5.91 Å². The predicted octanol–water partition coefficient (Wildman–Crippen LogP) is 1.94. The van der Waals surface area contributed by atoms with Crippen molar-refractivity contribution >= 4 is 32.7 Å². The van der Waals surface area contributed by atoms with Crippen LogP contribution >= 0.6 is 0 Å². The third kappa shape index (κ3) is 4.82. The highest BCUT2D eigenvalue weighted by Crippen LogP contribution is 2.22. The van der Waals surface area contributed by atoms with Gasteiger partial charge in [-0.1, -0.05) is 30.3 Å². The average Bonchev–Trinajstić information content (AvgIpc) is 2.82. The molecule has 0 saturated carbocycles. The van der Waals surface area contributed by atoms with E-state index in [0.717, 1.165) is 23.6 Å². The number of nitrogens with zero attached hydrogens (tertiary/aromatic N) is 3. The summed E-state index contributed by atoms with van der Waals surface area (Å²) < 4.78 is 28.2. The van der Waals surface area contributed by atoms with E-state index in [2.05, 4.69) is 14.7 Å². The Morgan fingerprint density at radius 1 is 1.06 bits per heavy atom. The monoisotopic (exact) mass is 441 g/mol. The predicted molar refractivity (Wildman–Crippen MR) is 115 cm³/mol. The van der Waals surface area contributed by atoms with E-state index in [1.165, 1.54) is 12.4 Å². The Labute approximate surface area is 180 Å². The van der Waals surface area contributed by atoms with Crippen LogP contribution in [-0.4, -0.2) is 49.1 Å². The number of rotatable bonds is 6. The fraction of sp³-hybridized carbons (Fsp3) is 0.286. The Kier molecular flexibility index (Phi) is 6.12. The third-order valence-corrected chi connectivity index (χ3v) is 6.91. The lowest BCUT2D eigenvalue weighted by Gasteiger charge is -2.32. The molecule has 2 aromatic carbocycles. The summed E-state index contributed by atoms with van der Waals surface area (Å²) in [7, 11) is -3.58. The summed E-state index contributed by atoms with van der Waals surface area (Å²) in [4.78, 5) is 22.0. The number of hydrogen-bond donors (Lipinski definition) is 3. The normalized spacial score (nSPS) is 15.2. The van der Waals surface area contributed by atoms with Gasteiger partial charge in [0.2, 0.25) is 16.0 Å². The summed E-state index contributed by atoms with van der Waals surface area (Å²) in [5.74, 6) is 0.0551. The Balaban J connectivity index is 1.32. The number of hydroxylamine groups is 1. The number of carbonyl (C=O) groups is 1. The number of benzene rings is 2. The van der Waals surface area contributed by atoms with Crippen LogP contribution in [0.15, 0.2) is 59.8 Å². The van der Waals surface area contributed by atoms with Crippen LogP contribution in [-0.2, 0) is 10.0 Å². The highest BCUT2D eigenvalue weighted by atomic mass is 32.2. The van der Waals surface area contributed by atoms with Crippen LogP contribution < -0.4 is 15.1 Å². The van der Waals surface area contributed by atoms with Crippen molar-refractivity contribution in [2.45, 2.75) is 17.7 Å². The SMILES string of the molecule is O=C(NO)c1cnc(N2CCC(CNS(=O)(=O)c3ccc4ccccc4c3)CC2)nc1. The standard InChI is InChI=1S/C21H23N5O4S/c27-20(25-28)18-13-22-21(23-14-18)26-9-7-15(8-10-26)12-24-31(29,30)19-6-5-16-3-1-2-4-17(16)11-19/h1-6,11,13-15,24,28H,7-10,12H2,(H,25,27). The van der Waals surface area contributed by atoms with Gasteiger partial charge >= 0.3 is 0 Å². The Hall–Kier alpha value is -3.08. The summed E-state index contributed by atoms with van der Waals surface area (Å²) in [5, 5.41) is 10.5. The van der Waals surface area contributed by atoms with Crippen LogP contribution in [0.4, 0.5) is 5.95 Å². The minimum atomic E-state index is -3.58. The number of fused-ring (bicyclic) bond motifs is 1.